The van der Waals surface area contributed by atoms with Crippen molar-refractivity contribution in [2.75, 3.05) is 33.0 Å². The number of unbranched alkanes of at least 4 members (excludes halogenated alkanes) is 24. The Labute approximate surface area is 388 Å². The van der Waals surface area contributed by atoms with Crippen LogP contribution < -0.4 is 5.73 Å². The third-order valence-corrected chi connectivity index (χ3v) is 11.9. The molecule has 366 valence electrons. The zero-order chi connectivity index (χ0) is 45.8. The van der Waals surface area contributed by atoms with Crippen molar-refractivity contribution in [3.63, 3.8) is 0 Å². The van der Waals surface area contributed by atoms with Crippen LogP contribution in [0.3, 0.4) is 0 Å². The minimum Gasteiger partial charge on any atom is -0.457 e. The predicted octanol–water partition coefficient (Wildman–Crippen LogP) is 16.3. The Hall–Kier alpha value is -2.06. The van der Waals surface area contributed by atoms with Crippen molar-refractivity contribution < 1.29 is 32.8 Å². The van der Waals surface area contributed by atoms with Gasteiger partial charge in [-0.2, -0.15) is 0 Å². The normalized spacial score (nSPS) is 13.9. The van der Waals surface area contributed by atoms with E-state index in [1.165, 1.54) is 135 Å². The lowest BCUT2D eigenvalue weighted by molar-refractivity contribution is -0.154. The SMILES string of the molecule is CC/C=C\C/C=C\C/C=C\C/C=C\C/C=C\C/C=C\CCCOCC(COP(=O)(O)OCCN)OC(=O)CCCCCCCCCCCCCCCCCCCCCCCCCC. The number of hydrogen-bond donors (Lipinski definition) is 2. The molecule has 8 nitrogen and oxygen atoms in total. The molecule has 0 bridgehead atoms. The van der Waals surface area contributed by atoms with Gasteiger partial charge in [0.1, 0.15) is 6.10 Å². The van der Waals surface area contributed by atoms with Crippen LogP contribution in [0.5, 0.6) is 0 Å². The number of hydrogen-bond acceptors (Lipinski definition) is 7. The highest BCUT2D eigenvalue weighted by Gasteiger charge is 2.25. The van der Waals surface area contributed by atoms with Gasteiger partial charge in [-0.25, -0.2) is 4.57 Å². The van der Waals surface area contributed by atoms with Gasteiger partial charge >= 0.3 is 13.8 Å². The van der Waals surface area contributed by atoms with Crippen molar-refractivity contribution in [1.82, 2.24) is 0 Å². The summed E-state index contributed by atoms with van der Waals surface area (Å²) < 4.78 is 33.5. The van der Waals surface area contributed by atoms with Gasteiger partial charge in [-0.15, -0.1) is 0 Å². The average molecular weight is 904 g/mol. The Morgan fingerprint density at radius 3 is 1.27 bits per heavy atom. The van der Waals surface area contributed by atoms with Crippen LogP contribution in [0.1, 0.15) is 226 Å². The zero-order valence-electron chi connectivity index (χ0n) is 40.8. The maximum atomic E-state index is 12.7. The molecule has 0 aliphatic carbocycles. The average Bonchev–Trinajstić information content (AvgIpc) is 3.28. The van der Waals surface area contributed by atoms with E-state index in [1.807, 2.05) is 0 Å². The molecule has 0 aromatic carbocycles. The van der Waals surface area contributed by atoms with E-state index in [0.717, 1.165) is 70.6 Å². The molecule has 0 spiro atoms. The highest BCUT2D eigenvalue weighted by atomic mass is 31.2. The van der Waals surface area contributed by atoms with Crippen molar-refractivity contribution in [2.45, 2.75) is 232 Å². The largest absolute Gasteiger partial charge is 0.472 e. The van der Waals surface area contributed by atoms with Crippen LogP contribution in [-0.4, -0.2) is 49.9 Å². The monoisotopic (exact) mass is 904 g/mol. The molecule has 63 heavy (non-hydrogen) atoms. The second-order valence-corrected chi connectivity index (χ2v) is 18.5. The number of ether oxygens (including phenoxy) is 2. The summed E-state index contributed by atoms with van der Waals surface area (Å²) in [6.45, 7) is 4.67. The van der Waals surface area contributed by atoms with Crippen LogP contribution in [-0.2, 0) is 27.9 Å². The number of phosphoric ester groups is 1. The van der Waals surface area contributed by atoms with Crippen LogP contribution in [0.4, 0.5) is 0 Å². The van der Waals surface area contributed by atoms with Gasteiger partial charge in [0.25, 0.3) is 0 Å². The summed E-state index contributed by atoms with van der Waals surface area (Å²) in [5.74, 6) is -0.348. The first-order valence-corrected chi connectivity index (χ1v) is 27.4. The molecule has 0 aromatic rings. The third kappa shape index (κ3) is 50.8. The standard InChI is InChI=1S/C54H98NO7P/c1-3-5-7-9-11-13-15-17-19-21-23-25-26-27-28-29-31-33-35-37-39-41-43-45-47-54(56)62-53(52-61-63(57,58)60-50-48-55)51-59-49-46-44-42-40-38-36-34-32-30-24-22-20-18-16-14-12-10-8-6-4-2/h6,8,12,14,18,20,24,30,34,36,40,42,53H,3-5,7,9-11,13,15-17,19,21-23,25-29,31-33,35,37-39,41,43-52,55H2,1-2H3,(H,57,58)/b8-6-,14-12-,20-18-,30-24-,36-34-,42-40-. The molecule has 0 radical (unpaired) electrons. The van der Waals surface area contributed by atoms with Gasteiger partial charge in [-0.05, 0) is 57.8 Å². The number of carbonyl (C=O) groups excluding carboxylic acids is 1. The molecule has 9 heteroatoms. The Bertz CT molecular complexity index is 1200. The molecule has 0 saturated heterocycles. The summed E-state index contributed by atoms with van der Waals surface area (Å²) in [6, 6.07) is 0. The van der Waals surface area contributed by atoms with E-state index >= 15 is 0 Å². The van der Waals surface area contributed by atoms with Gasteiger partial charge in [-0.3, -0.25) is 13.8 Å². The lowest BCUT2D eigenvalue weighted by Gasteiger charge is -2.20. The van der Waals surface area contributed by atoms with E-state index in [4.69, 9.17) is 24.3 Å². The molecule has 0 aromatic heterocycles. The van der Waals surface area contributed by atoms with Gasteiger partial charge in [0.15, 0.2) is 0 Å². The van der Waals surface area contributed by atoms with E-state index in [2.05, 4.69) is 86.8 Å². The zero-order valence-corrected chi connectivity index (χ0v) is 41.7. The molecule has 2 atom stereocenters. The van der Waals surface area contributed by atoms with Crippen molar-refractivity contribution in [3.05, 3.63) is 72.9 Å². The maximum absolute atomic E-state index is 12.7. The van der Waals surface area contributed by atoms with Gasteiger partial charge in [0.05, 0.1) is 19.8 Å². The first-order chi connectivity index (χ1) is 30.9. The highest BCUT2D eigenvalue weighted by molar-refractivity contribution is 7.47. The molecule has 3 N–H and O–H groups in total. The second-order valence-electron chi connectivity index (χ2n) is 17.0. The van der Waals surface area contributed by atoms with E-state index in [-0.39, 0.29) is 32.3 Å². The fraction of sp³-hybridized carbons (Fsp3) is 0.759. The molecule has 0 rings (SSSR count). The number of rotatable bonds is 49. The number of nitrogens with two attached hydrogens (primary N) is 1. The lowest BCUT2D eigenvalue weighted by Crippen LogP contribution is -2.28. The molecule has 0 aliphatic rings. The summed E-state index contributed by atoms with van der Waals surface area (Å²) >= 11 is 0. The molecule has 0 amide bonds. The summed E-state index contributed by atoms with van der Waals surface area (Å²) in [4.78, 5) is 22.6. The summed E-state index contributed by atoms with van der Waals surface area (Å²) in [6.07, 6.45) is 65.3. The van der Waals surface area contributed by atoms with E-state index < -0.39 is 13.9 Å². The van der Waals surface area contributed by atoms with Crippen LogP contribution >= 0.6 is 7.82 Å². The Kier molecular flexibility index (Phi) is 49.3. The van der Waals surface area contributed by atoms with Gasteiger partial charge < -0.3 is 20.1 Å². The number of carbonyl (C=O) groups is 1. The van der Waals surface area contributed by atoms with E-state index in [0.29, 0.717) is 13.0 Å². The van der Waals surface area contributed by atoms with Gasteiger partial charge in [0.2, 0.25) is 0 Å². The Morgan fingerprint density at radius 2 is 0.873 bits per heavy atom. The second kappa shape index (κ2) is 50.9. The van der Waals surface area contributed by atoms with Crippen molar-refractivity contribution in [1.29, 1.82) is 0 Å². The first-order valence-electron chi connectivity index (χ1n) is 25.9. The molecule has 0 heterocycles. The fourth-order valence-electron chi connectivity index (χ4n) is 7.13. The summed E-state index contributed by atoms with van der Waals surface area (Å²) in [5.41, 5.74) is 5.38. The highest BCUT2D eigenvalue weighted by Crippen LogP contribution is 2.43. The minimum absolute atomic E-state index is 0.0752. The molecule has 0 aliphatic heterocycles. The first kappa shape index (κ1) is 60.9. The minimum atomic E-state index is -4.30. The molecular weight excluding hydrogens is 806 g/mol. The van der Waals surface area contributed by atoms with Crippen LogP contribution in [0.2, 0.25) is 0 Å². The number of phosphoric acid groups is 1. The van der Waals surface area contributed by atoms with Gasteiger partial charge in [-0.1, -0.05) is 234 Å². The van der Waals surface area contributed by atoms with Crippen LogP contribution in [0, 0.1) is 0 Å². The predicted molar refractivity (Wildman–Crippen MR) is 270 cm³/mol. The molecule has 0 fully saturated rings. The van der Waals surface area contributed by atoms with E-state index in [9.17, 15) is 14.3 Å². The van der Waals surface area contributed by atoms with Crippen molar-refractivity contribution in [2.24, 2.45) is 5.73 Å². The third-order valence-electron chi connectivity index (χ3n) is 10.9. The van der Waals surface area contributed by atoms with Crippen molar-refractivity contribution in [3.8, 4) is 0 Å². The summed E-state index contributed by atoms with van der Waals surface area (Å²) in [5, 5.41) is 0. The van der Waals surface area contributed by atoms with Crippen molar-refractivity contribution >= 4 is 13.8 Å². The summed E-state index contributed by atoms with van der Waals surface area (Å²) in [7, 11) is -4.30. The topological polar surface area (TPSA) is 117 Å². The smallest absolute Gasteiger partial charge is 0.457 e. The molecule has 0 saturated carbocycles. The Balaban J connectivity index is 4.00. The van der Waals surface area contributed by atoms with Crippen LogP contribution in [0.15, 0.2) is 72.9 Å². The van der Waals surface area contributed by atoms with Gasteiger partial charge in [0, 0.05) is 19.6 Å². The number of esters is 1. The number of allylic oxidation sites excluding steroid dienone is 12. The maximum Gasteiger partial charge on any atom is 0.472 e. The van der Waals surface area contributed by atoms with E-state index in [1.54, 1.807) is 0 Å². The fourth-order valence-corrected chi connectivity index (χ4v) is 7.90. The van der Waals surface area contributed by atoms with Crippen LogP contribution in [0.25, 0.3) is 0 Å². The molecular formula is C54H98NO7P. The molecule has 2 unspecified atom stereocenters. The quantitative estimate of drug-likeness (QED) is 0.0268. The lowest BCUT2D eigenvalue weighted by atomic mass is 10.0. The Morgan fingerprint density at radius 1 is 0.492 bits per heavy atom.